The molecule has 0 rings (SSSR count). The summed E-state index contributed by atoms with van der Waals surface area (Å²) in [6.07, 6.45) is -2.26. The second-order valence-corrected chi connectivity index (χ2v) is 3.75. The van der Waals surface area contributed by atoms with Crippen LogP contribution in [0, 0.1) is 11.8 Å². The second-order valence-electron chi connectivity index (χ2n) is 3.75. The minimum Gasteiger partial charge on any atom is -0.309 e. The molecule has 0 heterocycles. The summed E-state index contributed by atoms with van der Waals surface area (Å²) >= 11 is 0. The van der Waals surface area contributed by atoms with Crippen molar-refractivity contribution >= 4 is 0 Å². The van der Waals surface area contributed by atoms with Crippen LogP contribution < -0.4 is 5.32 Å². The zero-order valence-electron chi connectivity index (χ0n) is 8.27. The Balaban J connectivity index is 3.54. The summed E-state index contributed by atoms with van der Waals surface area (Å²) in [6.45, 7) is 8.44. The van der Waals surface area contributed by atoms with Crippen molar-refractivity contribution in [2.45, 2.75) is 40.2 Å². The maximum atomic E-state index is 12.0. The summed E-state index contributed by atoms with van der Waals surface area (Å²) in [7, 11) is 0. The first-order chi connectivity index (χ1) is 5.45. The fourth-order valence-electron chi connectivity index (χ4n) is 0.697. The Morgan fingerprint density at radius 2 is 1.58 bits per heavy atom. The standard InChI is InChI=1S/C9H19F2N/c1-6(2)7(3)5-12-8(4)9(10)11/h6-9,12H,5H2,1-4H3. The average Bonchev–Trinajstić information content (AvgIpc) is 1.98. The first kappa shape index (κ1) is 11.8. The fourth-order valence-corrected chi connectivity index (χ4v) is 0.697. The van der Waals surface area contributed by atoms with Crippen molar-refractivity contribution in [1.29, 1.82) is 0 Å². The highest BCUT2D eigenvalue weighted by Gasteiger charge is 2.15. The molecule has 0 aliphatic heterocycles. The number of rotatable bonds is 5. The van der Waals surface area contributed by atoms with Crippen molar-refractivity contribution in [2.75, 3.05) is 6.54 Å². The monoisotopic (exact) mass is 179 g/mol. The van der Waals surface area contributed by atoms with Crippen molar-refractivity contribution in [2.24, 2.45) is 11.8 Å². The Hall–Kier alpha value is -0.180. The quantitative estimate of drug-likeness (QED) is 0.683. The van der Waals surface area contributed by atoms with E-state index in [-0.39, 0.29) is 0 Å². The molecule has 1 nitrogen and oxygen atoms in total. The van der Waals surface area contributed by atoms with Crippen molar-refractivity contribution < 1.29 is 8.78 Å². The zero-order valence-corrected chi connectivity index (χ0v) is 8.27. The van der Waals surface area contributed by atoms with Gasteiger partial charge in [0.25, 0.3) is 6.43 Å². The van der Waals surface area contributed by atoms with Gasteiger partial charge in [-0.3, -0.25) is 0 Å². The zero-order chi connectivity index (χ0) is 9.72. The van der Waals surface area contributed by atoms with Gasteiger partial charge in [0, 0.05) is 0 Å². The number of nitrogens with one attached hydrogen (secondary N) is 1. The van der Waals surface area contributed by atoms with Crippen molar-refractivity contribution in [3.05, 3.63) is 0 Å². The third-order valence-corrected chi connectivity index (χ3v) is 2.28. The van der Waals surface area contributed by atoms with E-state index in [9.17, 15) is 8.78 Å². The van der Waals surface area contributed by atoms with Crippen molar-refractivity contribution in [3.8, 4) is 0 Å². The van der Waals surface area contributed by atoms with Gasteiger partial charge < -0.3 is 5.32 Å². The molecule has 0 aliphatic carbocycles. The molecule has 0 radical (unpaired) electrons. The van der Waals surface area contributed by atoms with E-state index >= 15 is 0 Å². The molecule has 0 saturated heterocycles. The molecule has 0 aromatic rings. The van der Waals surface area contributed by atoms with Gasteiger partial charge in [0.2, 0.25) is 0 Å². The highest BCUT2D eigenvalue weighted by atomic mass is 19.3. The molecule has 0 fully saturated rings. The molecule has 0 aromatic carbocycles. The predicted molar refractivity (Wildman–Crippen MR) is 47.5 cm³/mol. The molecule has 12 heavy (non-hydrogen) atoms. The van der Waals surface area contributed by atoms with Crippen LogP contribution in [0.15, 0.2) is 0 Å². The largest absolute Gasteiger partial charge is 0.309 e. The first-order valence-corrected chi connectivity index (χ1v) is 4.46. The Kier molecular flexibility index (Phi) is 5.38. The van der Waals surface area contributed by atoms with Crippen molar-refractivity contribution in [3.63, 3.8) is 0 Å². The molecule has 0 aromatic heterocycles. The van der Waals surface area contributed by atoms with Gasteiger partial charge in [-0.15, -0.1) is 0 Å². The molecular formula is C9H19F2N. The number of alkyl halides is 2. The molecule has 0 spiro atoms. The molecular weight excluding hydrogens is 160 g/mol. The molecule has 0 saturated carbocycles. The number of halogens is 2. The lowest BCUT2D eigenvalue weighted by Crippen LogP contribution is -2.36. The van der Waals surface area contributed by atoms with Gasteiger partial charge >= 0.3 is 0 Å². The van der Waals surface area contributed by atoms with E-state index in [1.165, 1.54) is 6.92 Å². The second kappa shape index (κ2) is 5.46. The minimum absolute atomic E-state index is 0.450. The maximum absolute atomic E-state index is 12.0. The summed E-state index contributed by atoms with van der Waals surface area (Å²) in [5.74, 6) is 0.994. The van der Waals surface area contributed by atoms with E-state index in [2.05, 4.69) is 26.1 Å². The lowest BCUT2D eigenvalue weighted by molar-refractivity contribution is 0.103. The molecule has 1 N–H and O–H groups in total. The smallest absolute Gasteiger partial charge is 0.253 e. The molecule has 0 aliphatic rings. The topological polar surface area (TPSA) is 12.0 Å². The first-order valence-electron chi connectivity index (χ1n) is 4.46. The van der Waals surface area contributed by atoms with E-state index in [1.807, 2.05) is 0 Å². The Labute approximate surface area is 73.5 Å². The minimum atomic E-state index is -2.26. The van der Waals surface area contributed by atoms with Gasteiger partial charge in [-0.25, -0.2) is 8.78 Å². The third kappa shape index (κ3) is 4.65. The highest BCUT2D eigenvalue weighted by Crippen LogP contribution is 2.09. The maximum Gasteiger partial charge on any atom is 0.253 e. The third-order valence-electron chi connectivity index (χ3n) is 2.28. The molecule has 3 heteroatoms. The molecule has 2 unspecified atom stereocenters. The van der Waals surface area contributed by atoms with Crippen LogP contribution in [0.25, 0.3) is 0 Å². The van der Waals surface area contributed by atoms with Crippen LogP contribution in [-0.2, 0) is 0 Å². The lowest BCUT2D eigenvalue weighted by Gasteiger charge is -2.19. The molecule has 74 valence electrons. The predicted octanol–water partition coefficient (Wildman–Crippen LogP) is 2.52. The van der Waals surface area contributed by atoms with Crippen LogP contribution in [0.4, 0.5) is 8.78 Å². The molecule has 0 amide bonds. The number of hydrogen-bond donors (Lipinski definition) is 1. The normalized spacial score (nSPS) is 17.0. The van der Waals surface area contributed by atoms with Gasteiger partial charge in [0.15, 0.2) is 0 Å². The Morgan fingerprint density at radius 1 is 1.08 bits per heavy atom. The summed E-state index contributed by atoms with van der Waals surface area (Å²) in [4.78, 5) is 0. The summed E-state index contributed by atoms with van der Waals surface area (Å²) in [5, 5.41) is 2.81. The van der Waals surface area contributed by atoms with Gasteiger partial charge in [-0.1, -0.05) is 20.8 Å². The van der Waals surface area contributed by atoms with Gasteiger partial charge in [-0.2, -0.15) is 0 Å². The Morgan fingerprint density at radius 3 is 1.92 bits per heavy atom. The van der Waals surface area contributed by atoms with Crippen LogP contribution in [-0.4, -0.2) is 19.0 Å². The highest BCUT2D eigenvalue weighted by molar-refractivity contribution is 4.67. The molecule has 0 bridgehead atoms. The van der Waals surface area contributed by atoms with E-state index in [4.69, 9.17) is 0 Å². The Bertz CT molecular complexity index is 101. The van der Waals surface area contributed by atoms with Crippen LogP contribution in [0.1, 0.15) is 27.7 Å². The lowest BCUT2D eigenvalue weighted by atomic mass is 9.98. The fraction of sp³-hybridized carbons (Fsp3) is 1.00. The van der Waals surface area contributed by atoms with Crippen molar-refractivity contribution in [1.82, 2.24) is 5.32 Å². The van der Waals surface area contributed by atoms with Gasteiger partial charge in [-0.05, 0) is 25.3 Å². The van der Waals surface area contributed by atoms with Crippen LogP contribution in [0.3, 0.4) is 0 Å². The van der Waals surface area contributed by atoms with Crippen LogP contribution in [0.2, 0.25) is 0 Å². The van der Waals surface area contributed by atoms with E-state index in [0.29, 0.717) is 18.4 Å². The van der Waals surface area contributed by atoms with Gasteiger partial charge in [0.05, 0.1) is 6.04 Å². The van der Waals surface area contributed by atoms with Crippen LogP contribution >= 0.6 is 0 Å². The summed E-state index contributed by atoms with van der Waals surface area (Å²) in [5.41, 5.74) is 0. The summed E-state index contributed by atoms with van der Waals surface area (Å²) < 4.78 is 24.0. The summed E-state index contributed by atoms with van der Waals surface area (Å²) in [6, 6.07) is -0.689. The van der Waals surface area contributed by atoms with E-state index in [0.717, 1.165) is 0 Å². The SMILES string of the molecule is CC(C)C(C)CNC(C)C(F)F. The van der Waals surface area contributed by atoms with Crippen LogP contribution in [0.5, 0.6) is 0 Å². The van der Waals surface area contributed by atoms with E-state index < -0.39 is 12.5 Å². The number of hydrogen-bond acceptors (Lipinski definition) is 1. The molecule has 2 atom stereocenters. The van der Waals surface area contributed by atoms with Gasteiger partial charge in [0.1, 0.15) is 0 Å². The average molecular weight is 179 g/mol. The van der Waals surface area contributed by atoms with E-state index in [1.54, 1.807) is 0 Å².